The molecule has 0 aliphatic heterocycles. The molecule has 0 unspecified atom stereocenters. The van der Waals surface area contributed by atoms with Crippen molar-refractivity contribution in [1.82, 2.24) is 9.88 Å². The summed E-state index contributed by atoms with van der Waals surface area (Å²) in [6.45, 7) is 0. The molecule has 1 aromatic carbocycles. The van der Waals surface area contributed by atoms with Crippen LogP contribution in [0.15, 0.2) is 24.4 Å². The van der Waals surface area contributed by atoms with Crippen LogP contribution in [0.2, 0.25) is 0 Å². The monoisotopic (exact) mass is 274 g/mol. The molecule has 1 heterocycles. The first-order valence-electron chi connectivity index (χ1n) is 7.23. The van der Waals surface area contributed by atoms with Crippen LogP contribution in [-0.4, -0.2) is 17.5 Å². The molecule has 1 aromatic heterocycles. The van der Waals surface area contributed by atoms with Gasteiger partial charge in [0.2, 0.25) is 0 Å². The summed E-state index contributed by atoms with van der Waals surface area (Å²) in [4.78, 5) is 12.0. The van der Waals surface area contributed by atoms with E-state index >= 15 is 0 Å². The van der Waals surface area contributed by atoms with E-state index in [1.807, 2.05) is 6.20 Å². The SMILES string of the molecule is CNC(=O)c1cn(C2CCCCC2)c2cc(F)ccc12. The highest BCUT2D eigenvalue weighted by molar-refractivity contribution is 6.06. The first-order chi connectivity index (χ1) is 9.70. The van der Waals surface area contributed by atoms with Crippen LogP contribution >= 0.6 is 0 Å². The fourth-order valence-electron chi connectivity index (χ4n) is 3.20. The normalized spacial score (nSPS) is 16.5. The number of fused-ring (bicyclic) bond motifs is 1. The average molecular weight is 274 g/mol. The lowest BCUT2D eigenvalue weighted by molar-refractivity contribution is 0.0964. The maximum absolute atomic E-state index is 13.6. The summed E-state index contributed by atoms with van der Waals surface area (Å²) in [7, 11) is 1.62. The third kappa shape index (κ3) is 2.19. The third-order valence-electron chi connectivity index (χ3n) is 4.24. The van der Waals surface area contributed by atoms with Gasteiger partial charge in [-0.05, 0) is 31.0 Å². The van der Waals surface area contributed by atoms with Crippen LogP contribution in [-0.2, 0) is 0 Å². The van der Waals surface area contributed by atoms with Crippen LogP contribution < -0.4 is 5.32 Å². The number of rotatable bonds is 2. The second kappa shape index (κ2) is 5.27. The van der Waals surface area contributed by atoms with Gasteiger partial charge in [0, 0.05) is 24.7 Å². The maximum Gasteiger partial charge on any atom is 0.253 e. The highest BCUT2D eigenvalue weighted by Crippen LogP contribution is 2.33. The Morgan fingerprint density at radius 2 is 2.05 bits per heavy atom. The Morgan fingerprint density at radius 3 is 2.75 bits per heavy atom. The Hall–Kier alpha value is -1.84. The first-order valence-corrected chi connectivity index (χ1v) is 7.23. The molecule has 1 amide bonds. The lowest BCUT2D eigenvalue weighted by atomic mass is 9.95. The summed E-state index contributed by atoms with van der Waals surface area (Å²) < 4.78 is 15.7. The van der Waals surface area contributed by atoms with Crippen LogP contribution in [0.3, 0.4) is 0 Å². The fraction of sp³-hybridized carbons (Fsp3) is 0.438. The van der Waals surface area contributed by atoms with Crippen molar-refractivity contribution in [2.45, 2.75) is 38.1 Å². The number of aromatic nitrogens is 1. The lowest BCUT2D eigenvalue weighted by Gasteiger charge is -2.24. The molecule has 0 radical (unpaired) electrons. The minimum Gasteiger partial charge on any atom is -0.355 e. The molecule has 106 valence electrons. The van der Waals surface area contributed by atoms with Crippen LogP contribution in [0.25, 0.3) is 10.9 Å². The Morgan fingerprint density at radius 1 is 1.30 bits per heavy atom. The van der Waals surface area contributed by atoms with Gasteiger partial charge in [0.15, 0.2) is 0 Å². The number of hydrogen-bond acceptors (Lipinski definition) is 1. The van der Waals surface area contributed by atoms with E-state index in [1.54, 1.807) is 13.1 Å². The van der Waals surface area contributed by atoms with Crippen LogP contribution in [0, 0.1) is 5.82 Å². The number of amides is 1. The molecule has 1 saturated carbocycles. The Bertz CT molecular complexity index is 641. The minimum absolute atomic E-state index is 0.115. The van der Waals surface area contributed by atoms with E-state index in [9.17, 15) is 9.18 Å². The minimum atomic E-state index is -0.254. The smallest absolute Gasteiger partial charge is 0.253 e. The van der Waals surface area contributed by atoms with Crippen LogP contribution in [0.5, 0.6) is 0 Å². The maximum atomic E-state index is 13.6. The van der Waals surface area contributed by atoms with Crippen LogP contribution in [0.4, 0.5) is 4.39 Å². The van der Waals surface area contributed by atoms with Gasteiger partial charge in [-0.15, -0.1) is 0 Å². The van der Waals surface area contributed by atoms with Crippen molar-refractivity contribution in [3.05, 3.63) is 35.8 Å². The zero-order chi connectivity index (χ0) is 14.1. The first kappa shape index (κ1) is 13.2. The molecule has 1 aliphatic rings. The Balaban J connectivity index is 2.15. The second-order valence-electron chi connectivity index (χ2n) is 5.48. The molecular weight excluding hydrogens is 255 g/mol. The van der Waals surface area contributed by atoms with Crippen molar-refractivity contribution < 1.29 is 9.18 Å². The molecule has 4 heteroatoms. The predicted molar refractivity (Wildman–Crippen MR) is 77.4 cm³/mol. The summed E-state index contributed by atoms with van der Waals surface area (Å²) in [6.07, 6.45) is 7.77. The highest BCUT2D eigenvalue weighted by atomic mass is 19.1. The summed E-state index contributed by atoms with van der Waals surface area (Å²) in [6, 6.07) is 5.04. The molecule has 0 bridgehead atoms. The predicted octanol–water partition coefficient (Wildman–Crippen LogP) is 3.65. The zero-order valence-electron chi connectivity index (χ0n) is 11.7. The van der Waals surface area contributed by atoms with Crippen molar-refractivity contribution >= 4 is 16.8 Å². The second-order valence-corrected chi connectivity index (χ2v) is 5.48. The summed E-state index contributed by atoms with van der Waals surface area (Å²) in [5.41, 5.74) is 1.46. The van der Waals surface area contributed by atoms with E-state index in [-0.39, 0.29) is 11.7 Å². The molecule has 1 aliphatic carbocycles. The molecule has 20 heavy (non-hydrogen) atoms. The largest absolute Gasteiger partial charge is 0.355 e. The molecule has 1 fully saturated rings. The lowest BCUT2D eigenvalue weighted by Crippen LogP contribution is -2.17. The summed E-state index contributed by atoms with van der Waals surface area (Å²) in [5, 5.41) is 3.49. The van der Waals surface area contributed by atoms with E-state index < -0.39 is 0 Å². The van der Waals surface area contributed by atoms with Gasteiger partial charge in [-0.25, -0.2) is 4.39 Å². The van der Waals surface area contributed by atoms with Gasteiger partial charge in [0.05, 0.1) is 11.1 Å². The van der Waals surface area contributed by atoms with E-state index in [0.29, 0.717) is 11.6 Å². The fourth-order valence-corrected chi connectivity index (χ4v) is 3.20. The standard InChI is InChI=1S/C16H19FN2O/c1-18-16(20)14-10-19(12-5-3-2-4-6-12)15-9-11(17)7-8-13(14)15/h7-10,12H,2-6H2,1H3,(H,18,20). The van der Waals surface area contributed by atoms with Gasteiger partial charge < -0.3 is 9.88 Å². The Labute approximate surface area is 117 Å². The number of carbonyl (C=O) groups excluding carboxylic acids is 1. The average Bonchev–Trinajstić information content (AvgIpc) is 2.86. The van der Waals surface area contributed by atoms with E-state index in [1.165, 1.54) is 31.4 Å². The van der Waals surface area contributed by atoms with Gasteiger partial charge in [0.1, 0.15) is 5.82 Å². The number of halogens is 1. The zero-order valence-corrected chi connectivity index (χ0v) is 11.7. The molecule has 0 atom stereocenters. The summed E-state index contributed by atoms with van der Waals surface area (Å²) >= 11 is 0. The third-order valence-corrected chi connectivity index (χ3v) is 4.24. The molecule has 0 spiro atoms. The number of hydrogen-bond donors (Lipinski definition) is 1. The van der Waals surface area contributed by atoms with Gasteiger partial charge in [-0.2, -0.15) is 0 Å². The van der Waals surface area contributed by atoms with Crippen molar-refractivity contribution in [1.29, 1.82) is 0 Å². The molecular formula is C16H19FN2O. The van der Waals surface area contributed by atoms with E-state index in [2.05, 4.69) is 9.88 Å². The molecule has 1 N–H and O–H groups in total. The van der Waals surface area contributed by atoms with Crippen molar-refractivity contribution in [2.24, 2.45) is 0 Å². The number of carbonyl (C=O) groups is 1. The topological polar surface area (TPSA) is 34.0 Å². The molecule has 3 rings (SSSR count). The molecule has 3 nitrogen and oxygen atoms in total. The number of benzene rings is 1. The van der Waals surface area contributed by atoms with E-state index in [0.717, 1.165) is 23.7 Å². The Kier molecular flexibility index (Phi) is 3.47. The molecule has 2 aromatic rings. The number of nitrogens with zero attached hydrogens (tertiary/aromatic N) is 1. The van der Waals surface area contributed by atoms with Crippen LogP contribution in [0.1, 0.15) is 48.5 Å². The quantitative estimate of drug-likeness (QED) is 0.891. The number of nitrogens with one attached hydrogen (secondary N) is 1. The van der Waals surface area contributed by atoms with Crippen molar-refractivity contribution in [3.8, 4) is 0 Å². The van der Waals surface area contributed by atoms with Crippen molar-refractivity contribution in [2.75, 3.05) is 7.05 Å². The molecule has 0 saturated heterocycles. The van der Waals surface area contributed by atoms with Gasteiger partial charge >= 0.3 is 0 Å². The van der Waals surface area contributed by atoms with Crippen molar-refractivity contribution in [3.63, 3.8) is 0 Å². The van der Waals surface area contributed by atoms with Gasteiger partial charge in [0.25, 0.3) is 5.91 Å². The highest BCUT2D eigenvalue weighted by Gasteiger charge is 2.21. The van der Waals surface area contributed by atoms with Gasteiger partial charge in [-0.1, -0.05) is 19.3 Å². The summed E-state index contributed by atoms with van der Waals surface area (Å²) in [5.74, 6) is -0.368. The van der Waals surface area contributed by atoms with Gasteiger partial charge in [-0.3, -0.25) is 4.79 Å². The van der Waals surface area contributed by atoms with E-state index in [4.69, 9.17) is 0 Å².